The number of nitriles is 1. The van der Waals surface area contributed by atoms with Gasteiger partial charge < -0.3 is 5.32 Å². The fourth-order valence-corrected chi connectivity index (χ4v) is 1.61. The predicted molar refractivity (Wildman–Crippen MR) is 65.5 cm³/mol. The van der Waals surface area contributed by atoms with Crippen molar-refractivity contribution in [3.8, 4) is 6.07 Å². The zero-order valence-electron chi connectivity index (χ0n) is 10.1. The molecule has 7 heteroatoms. The largest absolute Gasteiger partial charge is 0.417 e. The van der Waals surface area contributed by atoms with E-state index in [1.807, 2.05) is 0 Å². The van der Waals surface area contributed by atoms with Crippen LogP contribution in [0.15, 0.2) is 36.5 Å². The lowest BCUT2D eigenvalue weighted by Gasteiger charge is -2.12. The van der Waals surface area contributed by atoms with Crippen molar-refractivity contribution >= 4 is 5.69 Å². The summed E-state index contributed by atoms with van der Waals surface area (Å²) < 4.78 is 38.3. The summed E-state index contributed by atoms with van der Waals surface area (Å²) in [6.07, 6.45) is -3.05. The Morgan fingerprint density at radius 3 is 2.65 bits per heavy atom. The van der Waals surface area contributed by atoms with Crippen molar-refractivity contribution in [2.24, 2.45) is 0 Å². The van der Waals surface area contributed by atoms with Crippen LogP contribution in [0, 0.1) is 11.3 Å². The summed E-state index contributed by atoms with van der Waals surface area (Å²) in [4.78, 5) is 0. The van der Waals surface area contributed by atoms with Gasteiger partial charge in [0.25, 0.3) is 0 Å². The molecule has 2 aromatic rings. The Morgan fingerprint density at radius 2 is 2.05 bits per heavy atom. The van der Waals surface area contributed by atoms with Crippen LogP contribution < -0.4 is 5.32 Å². The van der Waals surface area contributed by atoms with Crippen molar-refractivity contribution in [1.82, 2.24) is 10.2 Å². The third kappa shape index (κ3) is 3.23. The van der Waals surface area contributed by atoms with Crippen LogP contribution >= 0.6 is 0 Å². The molecule has 0 aliphatic carbocycles. The first-order valence-electron chi connectivity index (χ1n) is 5.62. The van der Waals surface area contributed by atoms with Crippen LogP contribution in [-0.2, 0) is 12.7 Å². The highest BCUT2D eigenvalue weighted by atomic mass is 19.4. The minimum Gasteiger partial charge on any atom is -0.379 e. The Hall–Kier alpha value is -2.62. The molecule has 2 rings (SSSR count). The molecule has 0 atom stereocenters. The molecule has 0 bridgehead atoms. The van der Waals surface area contributed by atoms with Gasteiger partial charge in [0.15, 0.2) is 0 Å². The lowest BCUT2D eigenvalue weighted by molar-refractivity contribution is -0.137. The maximum absolute atomic E-state index is 12.8. The Labute approximate surface area is 112 Å². The smallest absolute Gasteiger partial charge is 0.379 e. The van der Waals surface area contributed by atoms with Crippen LogP contribution in [0.2, 0.25) is 0 Å². The second-order valence-electron chi connectivity index (χ2n) is 3.94. The molecule has 4 nitrogen and oxygen atoms in total. The van der Waals surface area contributed by atoms with E-state index in [-0.39, 0.29) is 12.2 Å². The Kier molecular flexibility index (Phi) is 3.84. The fourth-order valence-electron chi connectivity index (χ4n) is 1.61. The zero-order valence-corrected chi connectivity index (χ0v) is 10.1. The van der Waals surface area contributed by atoms with Gasteiger partial charge in [0.05, 0.1) is 29.4 Å². The zero-order chi connectivity index (χ0) is 14.6. The van der Waals surface area contributed by atoms with E-state index >= 15 is 0 Å². The van der Waals surface area contributed by atoms with Crippen molar-refractivity contribution in [1.29, 1.82) is 5.26 Å². The van der Waals surface area contributed by atoms with Gasteiger partial charge in [-0.2, -0.15) is 28.6 Å². The molecule has 1 aromatic heterocycles. The molecule has 1 heterocycles. The normalized spacial score (nSPS) is 10.9. The number of halogens is 3. The van der Waals surface area contributed by atoms with E-state index in [1.54, 1.807) is 12.1 Å². The summed E-state index contributed by atoms with van der Waals surface area (Å²) >= 11 is 0. The lowest BCUT2D eigenvalue weighted by atomic mass is 10.1. The van der Waals surface area contributed by atoms with E-state index in [1.165, 1.54) is 18.3 Å². The minimum absolute atomic E-state index is 0.247. The van der Waals surface area contributed by atoms with Gasteiger partial charge in [0.2, 0.25) is 0 Å². The number of nitrogens with zero attached hydrogens (tertiary/aromatic N) is 3. The van der Waals surface area contributed by atoms with Gasteiger partial charge in [-0.3, -0.25) is 0 Å². The van der Waals surface area contributed by atoms with Crippen molar-refractivity contribution in [3.05, 3.63) is 53.3 Å². The van der Waals surface area contributed by atoms with Crippen LogP contribution in [0.1, 0.15) is 16.8 Å². The first-order chi connectivity index (χ1) is 9.50. The lowest BCUT2D eigenvalue weighted by Crippen LogP contribution is -2.09. The summed E-state index contributed by atoms with van der Waals surface area (Å²) in [5.41, 5.74) is -0.487. The molecular formula is C13H9F3N4. The Morgan fingerprint density at radius 1 is 1.25 bits per heavy atom. The van der Waals surface area contributed by atoms with Crippen LogP contribution in [0.3, 0.4) is 0 Å². The van der Waals surface area contributed by atoms with Gasteiger partial charge in [-0.1, -0.05) is 0 Å². The first kappa shape index (κ1) is 13.8. The number of hydrogen-bond donors (Lipinski definition) is 1. The number of nitrogens with one attached hydrogen (secondary N) is 1. The standard InChI is InChI=1S/C13H9F3N4/c14-13(15,16)12-6-10(4-3-9(12)7-17)18-8-11-2-1-5-19-20-11/h1-6,18H,8H2. The fraction of sp³-hybridized carbons (Fsp3) is 0.154. The van der Waals surface area contributed by atoms with Crippen molar-refractivity contribution < 1.29 is 13.2 Å². The van der Waals surface area contributed by atoms with Crippen molar-refractivity contribution in [3.63, 3.8) is 0 Å². The van der Waals surface area contributed by atoms with Gasteiger partial charge in [0, 0.05) is 11.9 Å². The molecule has 20 heavy (non-hydrogen) atoms. The van der Waals surface area contributed by atoms with E-state index in [0.717, 1.165) is 12.1 Å². The van der Waals surface area contributed by atoms with E-state index in [9.17, 15) is 13.2 Å². The number of benzene rings is 1. The first-order valence-corrected chi connectivity index (χ1v) is 5.62. The second kappa shape index (κ2) is 5.57. The van der Waals surface area contributed by atoms with Crippen LogP contribution in [-0.4, -0.2) is 10.2 Å². The van der Waals surface area contributed by atoms with Gasteiger partial charge in [-0.15, -0.1) is 0 Å². The van der Waals surface area contributed by atoms with Crippen molar-refractivity contribution in [2.45, 2.75) is 12.7 Å². The minimum atomic E-state index is -4.56. The van der Waals surface area contributed by atoms with E-state index < -0.39 is 17.3 Å². The molecule has 0 saturated carbocycles. The summed E-state index contributed by atoms with van der Waals surface area (Å²) in [6, 6.07) is 8.39. The van der Waals surface area contributed by atoms with E-state index in [4.69, 9.17) is 5.26 Å². The molecule has 0 spiro atoms. The molecule has 0 radical (unpaired) electrons. The van der Waals surface area contributed by atoms with Crippen LogP contribution in [0.5, 0.6) is 0 Å². The average Bonchev–Trinajstić information content (AvgIpc) is 2.45. The van der Waals surface area contributed by atoms with Gasteiger partial charge >= 0.3 is 6.18 Å². The van der Waals surface area contributed by atoms with Crippen LogP contribution in [0.25, 0.3) is 0 Å². The summed E-state index contributed by atoms with van der Waals surface area (Å²) in [6.45, 7) is 0.247. The number of aromatic nitrogens is 2. The van der Waals surface area contributed by atoms with Crippen LogP contribution in [0.4, 0.5) is 18.9 Å². The summed E-state index contributed by atoms with van der Waals surface area (Å²) in [5.74, 6) is 0. The Balaban J connectivity index is 2.20. The second-order valence-corrected chi connectivity index (χ2v) is 3.94. The molecule has 0 unspecified atom stereocenters. The van der Waals surface area contributed by atoms with Gasteiger partial charge in [-0.25, -0.2) is 0 Å². The number of rotatable bonds is 3. The summed E-state index contributed by atoms with van der Waals surface area (Å²) in [7, 11) is 0. The molecule has 0 amide bonds. The maximum Gasteiger partial charge on any atom is 0.417 e. The average molecular weight is 278 g/mol. The number of alkyl halides is 3. The van der Waals surface area contributed by atoms with Gasteiger partial charge in [0.1, 0.15) is 0 Å². The molecule has 0 fully saturated rings. The predicted octanol–water partition coefficient (Wildman–Crippen LogP) is 2.98. The number of anilines is 1. The maximum atomic E-state index is 12.8. The Bertz CT molecular complexity index is 632. The highest BCUT2D eigenvalue weighted by Gasteiger charge is 2.33. The monoisotopic (exact) mass is 278 g/mol. The topological polar surface area (TPSA) is 61.6 Å². The quantitative estimate of drug-likeness (QED) is 0.937. The molecule has 0 saturated heterocycles. The molecule has 102 valence electrons. The number of hydrogen-bond acceptors (Lipinski definition) is 4. The third-order valence-corrected chi connectivity index (χ3v) is 2.55. The van der Waals surface area contributed by atoms with Gasteiger partial charge in [-0.05, 0) is 30.3 Å². The van der Waals surface area contributed by atoms with E-state index in [0.29, 0.717) is 5.69 Å². The van der Waals surface area contributed by atoms with Crippen molar-refractivity contribution in [2.75, 3.05) is 5.32 Å². The van der Waals surface area contributed by atoms with E-state index in [2.05, 4.69) is 15.5 Å². The molecule has 1 aromatic carbocycles. The highest BCUT2D eigenvalue weighted by Crippen LogP contribution is 2.33. The molecular weight excluding hydrogens is 269 g/mol. The molecule has 0 aliphatic heterocycles. The molecule has 1 N–H and O–H groups in total. The third-order valence-electron chi connectivity index (χ3n) is 2.55. The SMILES string of the molecule is N#Cc1ccc(NCc2cccnn2)cc1C(F)(F)F. The summed E-state index contributed by atoms with van der Waals surface area (Å²) in [5, 5.41) is 19.0. The molecule has 0 aliphatic rings. The highest BCUT2D eigenvalue weighted by molar-refractivity contribution is 5.53.